The van der Waals surface area contributed by atoms with Crippen LogP contribution in [0.25, 0.3) is 0 Å². The standard InChI is InChI=1S/C13H14O3/c14-12(15)13(16,11-8-4-5-9-11)10-6-2-1-3-7-10/h1-3,6-8,16H,4-5,9H2,(H,14,15)/t13-/m1/s1. The van der Waals surface area contributed by atoms with Crippen LogP contribution in [-0.2, 0) is 10.4 Å². The molecule has 0 bridgehead atoms. The predicted octanol–water partition coefficient (Wildman–Crippen LogP) is 2.07. The Hall–Kier alpha value is -1.61. The molecule has 0 saturated carbocycles. The van der Waals surface area contributed by atoms with Gasteiger partial charge in [0, 0.05) is 0 Å². The lowest BCUT2D eigenvalue weighted by Gasteiger charge is -2.25. The highest BCUT2D eigenvalue weighted by Crippen LogP contribution is 2.36. The first-order valence-electron chi connectivity index (χ1n) is 5.36. The molecule has 0 fully saturated rings. The maximum atomic E-state index is 11.3. The number of carbonyl (C=O) groups is 1. The third-order valence-electron chi connectivity index (χ3n) is 3.01. The summed E-state index contributed by atoms with van der Waals surface area (Å²) in [5.74, 6) is -1.20. The van der Waals surface area contributed by atoms with Gasteiger partial charge in [0.1, 0.15) is 0 Å². The van der Waals surface area contributed by atoms with E-state index >= 15 is 0 Å². The van der Waals surface area contributed by atoms with Crippen LogP contribution >= 0.6 is 0 Å². The van der Waals surface area contributed by atoms with Gasteiger partial charge in [0.05, 0.1) is 0 Å². The molecule has 3 heteroatoms. The molecule has 0 radical (unpaired) electrons. The van der Waals surface area contributed by atoms with Crippen LogP contribution in [0.5, 0.6) is 0 Å². The molecule has 0 amide bonds. The van der Waals surface area contributed by atoms with E-state index in [0.717, 1.165) is 12.8 Å². The smallest absolute Gasteiger partial charge is 0.344 e. The summed E-state index contributed by atoms with van der Waals surface area (Å²) >= 11 is 0. The number of aliphatic carboxylic acids is 1. The maximum Gasteiger partial charge on any atom is 0.344 e. The van der Waals surface area contributed by atoms with Gasteiger partial charge in [-0.15, -0.1) is 0 Å². The van der Waals surface area contributed by atoms with Crippen molar-refractivity contribution in [2.75, 3.05) is 0 Å². The second kappa shape index (κ2) is 4.10. The number of benzene rings is 1. The lowest BCUT2D eigenvalue weighted by atomic mass is 9.85. The monoisotopic (exact) mass is 218 g/mol. The van der Waals surface area contributed by atoms with Crippen molar-refractivity contribution in [2.45, 2.75) is 24.9 Å². The molecule has 2 N–H and O–H groups in total. The van der Waals surface area contributed by atoms with E-state index in [4.69, 9.17) is 0 Å². The van der Waals surface area contributed by atoms with E-state index < -0.39 is 11.6 Å². The second-order valence-electron chi connectivity index (χ2n) is 4.00. The Morgan fingerprint density at radius 3 is 2.44 bits per heavy atom. The Morgan fingerprint density at radius 2 is 1.94 bits per heavy atom. The molecule has 84 valence electrons. The summed E-state index contributed by atoms with van der Waals surface area (Å²) in [4.78, 5) is 11.3. The molecule has 16 heavy (non-hydrogen) atoms. The topological polar surface area (TPSA) is 57.5 Å². The van der Waals surface area contributed by atoms with Crippen LogP contribution in [0.15, 0.2) is 42.0 Å². The van der Waals surface area contributed by atoms with Gasteiger partial charge in [-0.25, -0.2) is 4.79 Å². The van der Waals surface area contributed by atoms with Crippen LogP contribution in [-0.4, -0.2) is 16.2 Å². The summed E-state index contributed by atoms with van der Waals surface area (Å²) in [6.07, 6.45) is 4.24. The van der Waals surface area contributed by atoms with Crippen LogP contribution < -0.4 is 0 Å². The first-order chi connectivity index (χ1) is 7.65. The SMILES string of the molecule is O=C(O)[C@](O)(C1=CCCC1)c1ccccc1. The summed E-state index contributed by atoms with van der Waals surface area (Å²) in [7, 11) is 0. The molecule has 0 aliphatic heterocycles. The van der Waals surface area contributed by atoms with Gasteiger partial charge in [0.15, 0.2) is 0 Å². The molecule has 0 heterocycles. The van der Waals surface area contributed by atoms with Crippen molar-refractivity contribution >= 4 is 5.97 Å². The van der Waals surface area contributed by atoms with E-state index in [0.29, 0.717) is 17.6 Å². The Labute approximate surface area is 94.0 Å². The van der Waals surface area contributed by atoms with Gasteiger partial charge in [-0.1, -0.05) is 36.4 Å². The Balaban J connectivity index is 2.48. The molecule has 1 aliphatic carbocycles. The molecular formula is C13H14O3. The number of rotatable bonds is 3. The number of allylic oxidation sites excluding steroid dienone is 1. The quantitative estimate of drug-likeness (QED) is 0.763. The van der Waals surface area contributed by atoms with Gasteiger partial charge < -0.3 is 10.2 Å². The second-order valence-corrected chi connectivity index (χ2v) is 4.00. The van der Waals surface area contributed by atoms with E-state index in [-0.39, 0.29) is 0 Å². The lowest BCUT2D eigenvalue weighted by molar-refractivity contribution is -0.155. The summed E-state index contributed by atoms with van der Waals surface area (Å²) in [5.41, 5.74) is -0.820. The molecule has 0 aromatic heterocycles. The maximum absolute atomic E-state index is 11.3. The third kappa shape index (κ3) is 1.63. The summed E-state index contributed by atoms with van der Waals surface area (Å²) in [6, 6.07) is 8.56. The number of carboxylic acids is 1. The zero-order valence-corrected chi connectivity index (χ0v) is 8.89. The fraction of sp³-hybridized carbons (Fsp3) is 0.308. The average Bonchev–Trinajstić information content (AvgIpc) is 2.82. The molecule has 2 rings (SSSR count). The minimum Gasteiger partial charge on any atom is -0.479 e. The van der Waals surface area contributed by atoms with Crippen molar-refractivity contribution in [1.29, 1.82) is 0 Å². The van der Waals surface area contributed by atoms with Crippen LogP contribution in [0.3, 0.4) is 0 Å². The lowest BCUT2D eigenvalue weighted by Crippen LogP contribution is -2.37. The van der Waals surface area contributed by atoms with Crippen molar-refractivity contribution in [2.24, 2.45) is 0 Å². The molecule has 0 spiro atoms. The Kier molecular flexibility index (Phi) is 2.79. The average molecular weight is 218 g/mol. The van der Waals surface area contributed by atoms with E-state index in [2.05, 4.69) is 0 Å². The third-order valence-corrected chi connectivity index (χ3v) is 3.01. The van der Waals surface area contributed by atoms with Crippen LogP contribution in [0.1, 0.15) is 24.8 Å². The first kappa shape index (κ1) is 10.9. The molecule has 1 aromatic rings. The first-order valence-corrected chi connectivity index (χ1v) is 5.36. The zero-order valence-electron chi connectivity index (χ0n) is 8.89. The highest BCUT2D eigenvalue weighted by molar-refractivity contribution is 5.83. The zero-order chi connectivity index (χ0) is 11.6. The van der Waals surface area contributed by atoms with E-state index in [1.807, 2.05) is 6.08 Å². The molecule has 0 saturated heterocycles. The minimum atomic E-state index is -1.85. The highest BCUT2D eigenvalue weighted by atomic mass is 16.4. The molecule has 1 aromatic carbocycles. The number of aliphatic hydroxyl groups is 1. The van der Waals surface area contributed by atoms with Crippen molar-refractivity contribution in [3.63, 3.8) is 0 Å². The van der Waals surface area contributed by atoms with Crippen molar-refractivity contribution in [3.8, 4) is 0 Å². The number of hydrogen-bond donors (Lipinski definition) is 2. The Morgan fingerprint density at radius 1 is 1.25 bits per heavy atom. The minimum absolute atomic E-state index is 0.427. The van der Waals surface area contributed by atoms with Crippen LogP contribution in [0.2, 0.25) is 0 Å². The highest BCUT2D eigenvalue weighted by Gasteiger charge is 2.42. The van der Waals surface area contributed by atoms with Gasteiger partial charge in [0.25, 0.3) is 0 Å². The van der Waals surface area contributed by atoms with Crippen molar-refractivity contribution < 1.29 is 15.0 Å². The van der Waals surface area contributed by atoms with E-state index in [9.17, 15) is 15.0 Å². The van der Waals surface area contributed by atoms with Gasteiger partial charge in [-0.05, 0) is 30.4 Å². The van der Waals surface area contributed by atoms with Gasteiger partial charge >= 0.3 is 5.97 Å². The largest absolute Gasteiger partial charge is 0.479 e. The molecule has 1 atom stereocenters. The summed E-state index contributed by atoms with van der Waals surface area (Å²) < 4.78 is 0. The van der Waals surface area contributed by atoms with Crippen molar-refractivity contribution in [1.82, 2.24) is 0 Å². The fourth-order valence-corrected chi connectivity index (χ4v) is 2.13. The number of hydrogen-bond acceptors (Lipinski definition) is 2. The van der Waals surface area contributed by atoms with Gasteiger partial charge in [-0.2, -0.15) is 0 Å². The van der Waals surface area contributed by atoms with Crippen molar-refractivity contribution in [3.05, 3.63) is 47.5 Å². The fourth-order valence-electron chi connectivity index (χ4n) is 2.13. The van der Waals surface area contributed by atoms with E-state index in [1.165, 1.54) is 0 Å². The summed E-state index contributed by atoms with van der Waals surface area (Å²) in [5, 5.41) is 19.6. The van der Waals surface area contributed by atoms with E-state index in [1.54, 1.807) is 30.3 Å². The van der Waals surface area contributed by atoms with Crippen LogP contribution in [0, 0.1) is 0 Å². The van der Waals surface area contributed by atoms with Gasteiger partial charge in [0.2, 0.25) is 5.60 Å². The molecule has 3 nitrogen and oxygen atoms in total. The Bertz CT molecular complexity index is 422. The molecule has 0 unspecified atom stereocenters. The normalized spacial score (nSPS) is 18.9. The predicted molar refractivity (Wildman–Crippen MR) is 59.9 cm³/mol. The van der Waals surface area contributed by atoms with Crippen LogP contribution in [0.4, 0.5) is 0 Å². The summed E-state index contributed by atoms with van der Waals surface area (Å²) in [6.45, 7) is 0. The molecule has 1 aliphatic rings. The van der Waals surface area contributed by atoms with Gasteiger partial charge in [-0.3, -0.25) is 0 Å². The number of carboxylic acid groups (broad SMARTS) is 1. The molecular weight excluding hydrogens is 204 g/mol.